The van der Waals surface area contributed by atoms with Crippen molar-refractivity contribution < 1.29 is 14.9 Å². The molecule has 0 heterocycles. The zero-order valence-corrected chi connectivity index (χ0v) is 13.9. The molecule has 0 amide bonds. The fourth-order valence-electron chi connectivity index (χ4n) is 3.18. The fourth-order valence-corrected chi connectivity index (χ4v) is 3.18. The molecule has 0 fully saturated rings. The van der Waals surface area contributed by atoms with Crippen LogP contribution < -0.4 is 4.74 Å². The maximum Gasteiger partial charge on any atom is 0.127 e. The van der Waals surface area contributed by atoms with Gasteiger partial charge in [0.05, 0.1) is 12.7 Å². The number of allylic oxidation sites excluding steroid dienone is 1. The number of phenols is 1. The number of phenolic OH excluding ortho intramolecular Hbond substituents is 1. The molecule has 2 N–H and O–H groups in total. The summed E-state index contributed by atoms with van der Waals surface area (Å²) in [5, 5.41) is 19.9. The zero-order valence-electron chi connectivity index (χ0n) is 13.9. The molecule has 1 atom stereocenters. The summed E-state index contributed by atoms with van der Waals surface area (Å²) in [4.78, 5) is 0. The summed E-state index contributed by atoms with van der Waals surface area (Å²) in [5.74, 6) is 1.24. The number of rotatable bonds is 6. The SMILES string of the molecule is CCCc1cc(O)c(C2C=C(CO)CCC2)c(OC(C)C)c1. The van der Waals surface area contributed by atoms with Crippen molar-refractivity contribution in [2.75, 3.05) is 6.61 Å². The summed E-state index contributed by atoms with van der Waals surface area (Å²) in [5.41, 5.74) is 3.05. The average molecular weight is 304 g/mol. The number of hydrogen-bond donors (Lipinski definition) is 2. The lowest BCUT2D eigenvalue weighted by molar-refractivity contribution is 0.237. The van der Waals surface area contributed by atoms with E-state index in [4.69, 9.17) is 4.74 Å². The molecule has 0 bridgehead atoms. The molecule has 0 radical (unpaired) electrons. The molecular formula is C19H28O3. The minimum Gasteiger partial charge on any atom is -0.507 e. The highest BCUT2D eigenvalue weighted by molar-refractivity contribution is 5.51. The van der Waals surface area contributed by atoms with E-state index >= 15 is 0 Å². The van der Waals surface area contributed by atoms with Gasteiger partial charge in [0, 0.05) is 11.5 Å². The van der Waals surface area contributed by atoms with E-state index in [9.17, 15) is 10.2 Å². The first-order valence-corrected chi connectivity index (χ1v) is 8.38. The topological polar surface area (TPSA) is 49.7 Å². The van der Waals surface area contributed by atoms with Crippen molar-refractivity contribution in [2.45, 2.75) is 64.9 Å². The molecular weight excluding hydrogens is 276 g/mol. The largest absolute Gasteiger partial charge is 0.507 e. The first-order chi connectivity index (χ1) is 10.5. The fraction of sp³-hybridized carbons (Fsp3) is 0.579. The smallest absolute Gasteiger partial charge is 0.127 e. The molecule has 0 spiro atoms. The van der Waals surface area contributed by atoms with Crippen LogP contribution in [-0.4, -0.2) is 22.9 Å². The predicted octanol–water partition coefficient (Wildman–Crippen LogP) is 4.32. The highest BCUT2D eigenvalue weighted by atomic mass is 16.5. The molecule has 0 aromatic heterocycles. The van der Waals surface area contributed by atoms with E-state index in [-0.39, 0.29) is 18.6 Å². The Hall–Kier alpha value is -1.48. The van der Waals surface area contributed by atoms with Crippen molar-refractivity contribution in [3.05, 3.63) is 34.9 Å². The summed E-state index contributed by atoms with van der Waals surface area (Å²) in [7, 11) is 0. The monoisotopic (exact) mass is 304 g/mol. The average Bonchev–Trinajstić information content (AvgIpc) is 2.46. The molecule has 2 rings (SSSR count). The number of benzene rings is 1. The third-order valence-electron chi connectivity index (χ3n) is 4.11. The molecule has 1 aliphatic rings. The van der Waals surface area contributed by atoms with Crippen molar-refractivity contribution in [3.63, 3.8) is 0 Å². The van der Waals surface area contributed by atoms with Gasteiger partial charge in [0.1, 0.15) is 11.5 Å². The summed E-state index contributed by atoms with van der Waals surface area (Å²) < 4.78 is 5.98. The van der Waals surface area contributed by atoms with Crippen molar-refractivity contribution in [3.8, 4) is 11.5 Å². The van der Waals surface area contributed by atoms with Crippen LogP contribution in [0.25, 0.3) is 0 Å². The van der Waals surface area contributed by atoms with Crippen LogP contribution in [0.5, 0.6) is 11.5 Å². The van der Waals surface area contributed by atoms with Crippen molar-refractivity contribution >= 4 is 0 Å². The highest BCUT2D eigenvalue weighted by Crippen LogP contribution is 2.42. The molecule has 1 unspecified atom stereocenters. The molecule has 1 aromatic carbocycles. The molecule has 1 aromatic rings. The minimum absolute atomic E-state index is 0.0694. The van der Waals surface area contributed by atoms with Crippen LogP contribution in [0.2, 0.25) is 0 Å². The van der Waals surface area contributed by atoms with Gasteiger partial charge >= 0.3 is 0 Å². The second kappa shape index (κ2) is 7.68. The molecule has 1 aliphatic carbocycles. The Kier molecular flexibility index (Phi) is 5.90. The van der Waals surface area contributed by atoms with E-state index in [0.29, 0.717) is 5.75 Å². The summed E-state index contributed by atoms with van der Waals surface area (Å²) in [6, 6.07) is 3.94. The Morgan fingerprint density at radius 2 is 2.09 bits per heavy atom. The summed E-state index contributed by atoms with van der Waals surface area (Å²) in [6.07, 6.45) is 7.11. The standard InChI is InChI=1S/C19H28O3/c1-4-6-14-10-17(21)19(18(11-14)22-13(2)3)16-8-5-7-15(9-16)12-20/h9-11,13,16,20-21H,4-8,12H2,1-3H3. The normalized spacial score (nSPS) is 18.4. The molecule has 0 saturated heterocycles. The molecule has 3 heteroatoms. The Bertz CT molecular complexity index is 532. The number of aromatic hydroxyl groups is 1. The van der Waals surface area contributed by atoms with Crippen molar-refractivity contribution in [2.24, 2.45) is 0 Å². The van der Waals surface area contributed by atoms with Crippen LogP contribution in [0, 0.1) is 0 Å². The first kappa shape index (κ1) is 16.9. The molecule has 0 aliphatic heterocycles. The second-order valence-corrected chi connectivity index (χ2v) is 6.43. The van der Waals surface area contributed by atoms with Gasteiger partial charge in [-0.2, -0.15) is 0 Å². The Labute approximate surface area is 133 Å². The maximum absolute atomic E-state index is 10.6. The van der Waals surface area contributed by atoms with Gasteiger partial charge in [-0.3, -0.25) is 0 Å². The van der Waals surface area contributed by atoms with E-state index in [1.54, 1.807) is 0 Å². The van der Waals surface area contributed by atoms with Gasteiger partial charge < -0.3 is 14.9 Å². The number of hydrogen-bond acceptors (Lipinski definition) is 3. The lowest BCUT2D eigenvalue weighted by Crippen LogP contribution is -2.12. The van der Waals surface area contributed by atoms with Crippen molar-refractivity contribution in [1.29, 1.82) is 0 Å². The Morgan fingerprint density at radius 3 is 2.73 bits per heavy atom. The maximum atomic E-state index is 10.6. The van der Waals surface area contributed by atoms with Crippen LogP contribution in [-0.2, 0) is 6.42 Å². The van der Waals surface area contributed by atoms with Crippen molar-refractivity contribution in [1.82, 2.24) is 0 Å². The highest BCUT2D eigenvalue weighted by Gasteiger charge is 2.23. The molecule has 3 nitrogen and oxygen atoms in total. The van der Waals surface area contributed by atoms with E-state index in [1.165, 1.54) is 0 Å². The summed E-state index contributed by atoms with van der Waals surface area (Å²) >= 11 is 0. The Balaban J connectivity index is 2.43. The van der Waals surface area contributed by atoms with Gasteiger partial charge in [0.25, 0.3) is 0 Å². The van der Waals surface area contributed by atoms with Gasteiger partial charge in [0.15, 0.2) is 0 Å². The van der Waals surface area contributed by atoms with E-state index in [2.05, 4.69) is 19.1 Å². The van der Waals surface area contributed by atoms with E-state index < -0.39 is 0 Å². The summed E-state index contributed by atoms with van der Waals surface area (Å²) in [6.45, 7) is 6.24. The van der Waals surface area contributed by atoms with E-state index in [1.807, 2.05) is 19.9 Å². The number of ether oxygens (including phenoxy) is 1. The number of aliphatic hydroxyl groups is 1. The van der Waals surface area contributed by atoms with Crippen LogP contribution in [0.4, 0.5) is 0 Å². The predicted molar refractivity (Wildman–Crippen MR) is 89.6 cm³/mol. The van der Waals surface area contributed by atoms with Gasteiger partial charge in [-0.1, -0.05) is 19.4 Å². The molecule has 122 valence electrons. The van der Waals surface area contributed by atoms with Gasteiger partial charge in [-0.25, -0.2) is 0 Å². The molecule has 22 heavy (non-hydrogen) atoms. The first-order valence-electron chi connectivity index (χ1n) is 8.38. The second-order valence-electron chi connectivity index (χ2n) is 6.43. The number of aliphatic hydroxyl groups excluding tert-OH is 1. The zero-order chi connectivity index (χ0) is 16.1. The number of aryl methyl sites for hydroxylation is 1. The lowest BCUT2D eigenvalue weighted by Gasteiger charge is -2.25. The quantitative estimate of drug-likeness (QED) is 0.770. The van der Waals surface area contributed by atoms with Crippen LogP contribution >= 0.6 is 0 Å². The van der Waals surface area contributed by atoms with Crippen LogP contribution in [0.3, 0.4) is 0 Å². The molecule has 0 saturated carbocycles. The minimum atomic E-state index is 0.0694. The third-order valence-corrected chi connectivity index (χ3v) is 4.11. The van der Waals surface area contributed by atoms with Crippen LogP contribution in [0.15, 0.2) is 23.8 Å². The van der Waals surface area contributed by atoms with Gasteiger partial charge in [-0.05, 0) is 62.8 Å². The Morgan fingerprint density at radius 1 is 1.32 bits per heavy atom. The third kappa shape index (κ3) is 4.04. The van der Waals surface area contributed by atoms with E-state index in [0.717, 1.165) is 54.6 Å². The lowest BCUT2D eigenvalue weighted by atomic mass is 9.84. The van der Waals surface area contributed by atoms with Crippen LogP contribution in [0.1, 0.15) is 63.5 Å². The van der Waals surface area contributed by atoms with Gasteiger partial charge in [0.2, 0.25) is 0 Å². The van der Waals surface area contributed by atoms with Gasteiger partial charge in [-0.15, -0.1) is 0 Å².